The number of anilines is 1. The molecule has 4 aromatic rings. The largest absolute Gasteiger partial charge is 0.508 e. The third kappa shape index (κ3) is 4.79. The lowest BCUT2D eigenvalue weighted by Crippen LogP contribution is -2.53. The number of benzene rings is 1. The Morgan fingerprint density at radius 1 is 1.13 bits per heavy atom. The van der Waals surface area contributed by atoms with E-state index in [2.05, 4.69) is 30.0 Å². The van der Waals surface area contributed by atoms with Crippen LogP contribution in [-0.2, 0) is 15.9 Å². The zero-order valence-electron chi connectivity index (χ0n) is 25.7. The number of aromatic amines is 1. The van der Waals surface area contributed by atoms with Crippen molar-refractivity contribution in [2.24, 2.45) is 5.41 Å². The maximum atomic E-state index is 17.1. The highest BCUT2D eigenvalue weighted by Gasteiger charge is 2.50. The van der Waals surface area contributed by atoms with Gasteiger partial charge in [0.05, 0.1) is 29.2 Å². The standard InChI is InChI=1S/C33H34ClF2N7O4/c34-23-9-24-21(14-38-41-24)25-20(23)3-8-45-31(44)47-19-11-32(12-19)4-1-6-42(16-32)29-22-13-37-28(25)26(36)27(22)39-30(40-29)46-17-33-5-2-7-43(33)15-18(35)10-33/h9,13-14,18-19H,1-8,10-12,15-17H2,(H,38,41)/t18-,19?,32?,33+/m1/s1. The Labute approximate surface area is 273 Å². The number of aromatic nitrogens is 5. The SMILES string of the molecule is O=C1OCCc2c(Cl)cc3[nH]ncc3c2-c2ncc3c(nc(OC[C@@]45CCCN4C[C@H](F)C5)nc3c2F)N2CCCC3(CC(C3)O1)C2. The summed E-state index contributed by atoms with van der Waals surface area (Å²) in [4.78, 5) is 31.2. The lowest BCUT2D eigenvalue weighted by atomic mass is 9.62. The molecule has 11 rings (SSSR count). The molecule has 4 fully saturated rings. The number of hydrogen-bond acceptors (Lipinski definition) is 10. The number of halogens is 3. The average Bonchev–Trinajstić information content (AvgIpc) is 3.73. The van der Waals surface area contributed by atoms with Crippen molar-refractivity contribution in [1.82, 2.24) is 30.0 Å². The smallest absolute Gasteiger partial charge is 0.461 e. The van der Waals surface area contributed by atoms with Crippen LogP contribution in [0.5, 0.6) is 6.01 Å². The van der Waals surface area contributed by atoms with E-state index in [1.54, 1.807) is 18.5 Å². The highest BCUT2D eigenvalue weighted by molar-refractivity contribution is 6.33. The first-order valence-corrected chi connectivity index (χ1v) is 16.8. The predicted octanol–water partition coefficient (Wildman–Crippen LogP) is 5.77. The van der Waals surface area contributed by atoms with Gasteiger partial charge in [0.25, 0.3) is 0 Å². The molecule has 1 aromatic carbocycles. The number of H-pyrrole nitrogens is 1. The number of ether oxygens (including phenoxy) is 3. The molecule has 1 spiro atoms. The highest BCUT2D eigenvalue weighted by atomic mass is 35.5. The second-order valence-electron chi connectivity index (χ2n) is 13.9. The summed E-state index contributed by atoms with van der Waals surface area (Å²) in [6.07, 6.45) is 7.06. The second kappa shape index (κ2) is 10.8. The minimum atomic E-state index is -0.902. The van der Waals surface area contributed by atoms with E-state index in [9.17, 15) is 9.18 Å². The molecule has 14 heteroatoms. The molecule has 47 heavy (non-hydrogen) atoms. The Bertz CT molecular complexity index is 1920. The number of piperidine rings is 1. The van der Waals surface area contributed by atoms with Crippen molar-refractivity contribution >= 4 is 45.4 Å². The number of carbonyl (C=O) groups is 1. The summed E-state index contributed by atoms with van der Waals surface area (Å²) < 4.78 is 49.0. The summed E-state index contributed by atoms with van der Waals surface area (Å²) in [6.45, 7) is 2.81. The number of nitrogens with one attached hydrogen (secondary N) is 1. The molecule has 6 aliphatic heterocycles. The molecule has 0 radical (unpaired) electrons. The fourth-order valence-corrected chi connectivity index (χ4v) is 9.18. The van der Waals surface area contributed by atoms with Crippen molar-refractivity contribution in [1.29, 1.82) is 0 Å². The third-order valence-corrected chi connectivity index (χ3v) is 11.4. The molecule has 3 aromatic heterocycles. The Hall–Kier alpha value is -3.84. The fourth-order valence-electron chi connectivity index (χ4n) is 8.88. The average molecular weight is 666 g/mol. The lowest BCUT2D eigenvalue weighted by Gasteiger charge is -2.52. The molecule has 9 heterocycles. The number of fused-ring (bicyclic) bond motifs is 2. The molecular weight excluding hydrogens is 632 g/mol. The number of rotatable bonds is 3. The van der Waals surface area contributed by atoms with Gasteiger partial charge in [0.2, 0.25) is 0 Å². The summed E-state index contributed by atoms with van der Waals surface area (Å²) in [5, 5.41) is 8.52. The number of hydrogen-bond donors (Lipinski definition) is 1. The van der Waals surface area contributed by atoms with Crippen LogP contribution in [-0.4, -0.2) is 93.4 Å². The second-order valence-corrected chi connectivity index (χ2v) is 14.3. The van der Waals surface area contributed by atoms with Crippen LogP contribution in [0.25, 0.3) is 33.1 Å². The van der Waals surface area contributed by atoms with Crippen LogP contribution in [0.2, 0.25) is 5.02 Å². The summed E-state index contributed by atoms with van der Waals surface area (Å²) >= 11 is 6.76. The highest BCUT2D eigenvalue weighted by Crippen LogP contribution is 2.50. The van der Waals surface area contributed by atoms with Gasteiger partial charge in [0, 0.05) is 54.6 Å². The molecule has 246 valence electrons. The van der Waals surface area contributed by atoms with Crippen molar-refractivity contribution in [2.75, 3.05) is 44.3 Å². The molecule has 11 nitrogen and oxygen atoms in total. The normalized spacial score (nSPS) is 29.0. The van der Waals surface area contributed by atoms with Gasteiger partial charge in [0.15, 0.2) is 5.82 Å². The molecule has 1 N–H and O–H groups in total. The van der Waals surface area contributed by atoms with Crippen molar-refractivity contribution < 1.29 is 27.8 Å². The molecule has 0 unspecified atom stereocenters. The van der Waals surface area contributed by atoms with Crippen LogP contribution >= 0.6 is 11.6 Å². The Morgan fingerprint density at radius 2 is 2.00 bits per heavy atom. The van der Waals surface area contributed by atoms with E-state index in [-0.39, 0.29) is 48.4 Å². The van der Waals surface area contributed by atoms with Gasteiger partial charge in [-0.15, -0.1) is 0 Å². The van der Waals surface area contributed by atoms with Crippen LogP contribution < -0.4 is 9.64 Å². The van der Waals surface area contributed by atoms with Gasteiger partial charge in [0.1, 0.15) is 35.9 Å². The third-order valence-electron chi connectivity index (χ3n) is 11.0. The van der Waals surface area contributed by atoms with E-state index < -0.39 is 23.7 Å². The van der Waals surface area contributed by atoms with E-state index in [1.807, 2.05) is 0 Å². The van der Waals surface area contributed by atoms with Gasteiger partial charge in [-0.3, -0.25) is 15.0 Å². The molecule has 7 aliphatic rings. The molecule has 3 saturated heterocycles. The minimum Gasteiger partial charge on any atom is -0.461 e. The minimum absolute atomic E-state index is 0.0153. The summed E-state index contributed by atoms with van der Waals surface area (Å²) in [5.74, 6) is -0.0992. The lowest BCUT2D eigenvalue weighted by molar-refractivity contribution is -0.0717. The number of carbonyl (C=O) groups excluding carboxylic acids is 1. The maximum absolute atomic E-state index is 17.1. The Balaban J connectivity index is 1.20. The zero-order valence-corrected chi connectivity index (χ0v) is 26.5. The number of nitrogens with zero attached hydrogens (tertiary/aromatic N) is 6. The van der Waals surface area contributed by atoms with Gasteiger partial charge in [-0.05, 0) is 62.1 Å². The number of pyridine rings is 1. The molecule has 2 atom stereocenters. The number of alkyl halides is 1. The molecule has 0 amide bonds. The first-order chi connectivity index (χ1) is 22.8. The first kappa shape index (κ1) is 29.3. The van der Waals surface area contributed by atoms with Crippen LogP contribution in [0.4, 0.5) is 19.4 Å². The fraction of sp³-hybridized carbons (Fsp3) is 0.545. The van der Waals surface area contributed by atoms with E-state index in [0.29, 0.717) is 77.2 Å². The first-order valence-electron chi connectivity index (χ1n) is 16.4. The van der Waals surface area contributed by atoms with Crippen molar-refractivity contribution in [3.63, 3.8) is 0 Å². The van der Waals surface area contributed by atoms with E-state index in [1.165, 1.54) is 0 Å². The molecule has 7 bridgehead atoms. The van der Waals surface area contributed by atoms with Gasteiger partial charge < -0.3 is 19.1 Å². The topological polar surface area (TPSA) is 119 Å². The summed E-state index contributed by atoms with van der Waals surface area (Å²) in [7, 11) is 0. The monoisotopic (exact) mass is 665 g/mol. The van der Waals surface area contributed by atoms with Crippen LogP contribution in [0, 0.1) is 11.2 Å². The molecular formula is C33H34ClF2N7O4. The van der Waals surface area contributed by atoms with Crippen LogP contribution in [0.3, 0.4) is 0 Å². The Kier molecular flexibility index (Phi) is 6.76. The van der Waals surface area contributed by atoms with Gasteiger partial charge in [-0.2, -0.15) is 15.1 Å². The summed E-state index contributed by atoms with van der Waals surface area (Å²) in [6, 6.07) is 1.77. The van der Waals surface area contributed by atoms with Crippen molar-refractivity contribution in [3.8, 4) is 17.3 Å². The zero-order chi connectivity index (χ0) is 31.9. The Morgan fingerprint density at radius 3 is 2.89 bits per heavy atom. The van der Waals surface area contributed by atoms with Crippen molar-refractivity contribution in [3.05, 3.63) is 34.9 Å². The van der Waals surface area contributed by atoms with Gasteiger partial charge in [-0.1, -0.05) is 11.6 Å². The summed E-state index contributed by atoms with van der Waals surface area (Å²) in [5.41, 5.74) is 1.24. The quantitative estimate of drug-likeness (QED) is 0.270. The van der Waals surface area contributed by atoms with Crippen molar-refractivity contribution in [2.45, 2.75) is 69.2 Å². The maximum Gasteiger partial charge on any atom is 0.508 e. The van der Waals surface area contributed by atoms with Gasteiger partial charge >= 0.3 is 12.2 Å². The van der Waals surface area contributed by atoms with Crippen LogP contribution in [0.15, 0.2) is 18.5 Å². The van der Waals surface area contributed by atoms with Gasteiger partial charge in [-0.25, -0.2) is 13.6 Å². The van der Waals surface area contributed by atoms with E-state index in [4.69, 9.17) is 30.8 Å². The van der Waals surface area contributed by atoms with E-state index >= 15 is 4.39 Å². The van der Waals surface area contributed by atoms with E-state index in [0.717, 1.165) is 32.2 Å². The molecule has 1 saturated carbocycles. The molecule has 1 aliphatic carbocycles. The van der Waals surface area contributed by atoms with Crippen LogP contribution in [0.1, 0.15) is 50.5 Å². The predicted molar refractivity (Wildman–Crippen MR) is 169 cm³/mol.